The smallest absolute Gasteiger partial charge is 0.309 e. The summed E-state index contributed by atoms with van der Waals surface area (Å²) in [6, 6.07) is 0. The number of aliphatic carboxylic acids is 1. The SMILES string of the molecule is COC(=O)CC=CC(C)C=CCC(=O)O. The van der Waals surface area contributed by atoms with Gasteiger partial charge in [0.2, 0.25) is 0 Å². The fourth-order valence-electron chi connectivity index (χ4n) is 0.910. The summed E-state index contributed by atoms with van der Waals surface area (Å²) in [7, 11) is 1.34. The molecule has 1 N–H and O–H groups in total. The Morgan fingerprint density at radius 1 is 1.27 bits per heavy atom. The van der Waals surface area contributed by atoms with Crippen molar-refractivity contribution in [3.63, 3.8) is 0 Å². The molecular weight excluding hydrogens is 196 g/mol. The first-order chi connectivity index (χ1) is 7.06. The van der Waals surface area contributed by atoms with Crippen LogP contribution < -0.4 is 0 Å². The molecule has 84 valence electrons. The molecule has 0 heterocycles. The second kappa shape index (κ2) is 7.79. The molecule has 0 aromatic heterocycles. The molecule has 0 saturated carbocycles. The minimum absolute atomic E-state index is 0.0230. The van der Waals surface area contributed by atoms with E-state index in [1.54, 1.807) is 18.2 Å². The van der Waals surface area contributed by atoms with Crippen LogP contribution in [0.3, 0.4) is 0 Å². The molecule has 0 radical (unpaired) electrons. The third-order valence-corrected chi connectivity index (χ3v) is 1.68. The lowest BCUT2D eigenvalue weighted by Gasteiger charge is -1.97. The van der Waals surface area contributed by atoms with Gasteiger partial charge in [-0.3, -0.25) is 9.59 Å². The van der Waals surface area contributed by atoms with Gasteiger partial charge in [0.15, 0.2) is 0 Å². The number of carbonyl (C=O) groups is 2. The van der Waals surface area contributed by atoms with Crippen LogP contribution in [0.25, 0.3) is 0 Å². The highest BCUT2D eigenvalue weighted by Crippen LogP contribution is 2.01. The van der Waals surface area contributed by atoms with Gasteiger partial charge in [-0.1, -0.05) is 31.2 Å². The predicted molar refractivity (Wildman–Crippen MR) is 56.3 cm³/mol. The third kappa shape index (κ3) is 8.74. The van der Waals surface area contributed by atoms with Gasteiger partial charge in [0.1, 0.15) is 0 Å². The number of rotatable bonds is 6. The van der Waals surface area contributed by atoms with Crippen LogP contribution in [0.15, 0.2) is 24.3 Å². The van der Waals surface area contributed by atoms with Crippen molar-refractivity contribution in [1.82, 2.24) is 0 Å². The molecule has 1 unspecified atom stereocenters. The molecule has 0 saturated heterocycles. The minimum atomic E-state index is -0.850. The lowest BCUT2D eigenvalue weighted by Crippen LogP contribution is -1.97. The lowest BCUT2D eigenvalue weighted by atomic mass is 10.1. The molecule has 0 bridgehead atoms. The van der Waals surface area contributed by atoms with E-state index in [9.17, 15) is 9.59 Å². The molecule has 0 aliphatic carbocycles. The van der Waals surface area contributed by atoms with E-state index in [1.165, 1.54) is 7.11 Å². The molecule has 0 amide bonds. The van der Waals surface area contributed by atoms with Crippen LogP contribution >= 0.6 is 0 Å². The molecule has 4 heteroatoms. The van der Waals surface area contributed by atoms with Crippen molar-refractivity contribution in [2.24, 2.45) is 5.92 Å². The standard InChI is InChI=1S/C11H16O4/c1-9(5-3-7-10(12)13)6-4-8-11(14)15-2/h3-6,9H,7-8H2,1-2H3,(H,12,13). The van der Waals surface area contributed by atoms with Crippen LogP contribution in [0, 0.1) is 5.92 Å². The summed E-state index contributed by atoms with van der Waals surface area (Å²) in [6.45, 7) is 1.91. The van der Waals surface area contributed by atoms with E-state index >= 15 is 0 Å². The first-order valence-corrected chi connectivity index (χ1v) is 4.68. The zero-order chi connectivity index (χ0) is 11.7. The van der Waals surface area contributed by atoms with Gasteiger partial charge in [-0.25, -0.2) is 0 Å². The van der Waals surface area contributed by atoms with Crippen LogP contribution in [0.2, 0.25) is 0 Å². The van der Waals surface area contributed by atoms with Crippen LogP contribution in [-0.4, -0.2) is 24.2 Å². The van der Waals surface area contributed by atoms with Crippen molar-refractivity contribution in [2.75, 3.05) is 7.11 Å². The molecule has 1 atom stereocenters. The quantitative estimate of drug-likeness (QED) is 0.538. The topological polar surface area (TPSA) is 63.6 Å². The number of esters is 1. The van der Waals surface area contributed by atoms with Gasteiger partial charge in [0.25, 0.3) is 0 Å². The Bertz CT molecular complexity index is 266. The van der Waals surface area contributed by atoms with Crippen molar-refractivity contribution >= 4 is 11.9 Å². The van der Waals surface area contributed by atoms with Gasteiger partial charge in [0.05, 0.1) is 20.0 Å². The average molecular weight is 212 g/mol. The Morgan fingerprint density at radius 3 is 2.27 bits per heavy atom. The van der Waals surface area contributed by atoms with Crippen LogP contribution in [0.5, 0.6) is 0 Å². The maximum atomic E-state index is 10.7. The fourth-order valence-corrected chi connectivity index (χ4v) is 0.910. The lowest BCUT2D eigenvalue weighted by molar-refractivity contribution is -0.139. The Morgan fingerprint density at radius 2 is 1.80 bits per heavy atom. The van der Waals surface area contributed by atoms with E-state index < -0.39 is 5.97 Å². The summed E-state index contributed by atoms with van der Waals surface area (Å²) in [5.41, 5.74) is 0. The molecule has 0 aliphatic heterocycles. The Kier molecular flexibility index (Phi) is 6.97. The molecule has 0 spiro atoms. The van der Waals surface area contributed by atoms with Gasteiger partial charge in [-0.2, -0.15) is 0 Å². The first-order valence-electron chi connectivity index (χ1n) is 4.68. The maximum Gasteiger partial charge on any atom is 0.309 e. The highest BCUT2D eigenvalue weighted by molar-refractivity contribution is 5.70. The summed E-state index contributed by atoms with van der Waals surface area (Å²) in [4.78, 5) is 20.9. The zero-order valence-corrected chi connectivity index (χ0v) is 8.97. The molecule has 0 fully saturated rings. The maximum absolute atomic E-state index is 10.7. The van der Waals surface area contributed by atoms with E-state index in [0.717, 1.165) is 0 Å². The number of hydrogen-bond donors (Lipinski definition) is 1. The molecule has 0 rings (SSSR count). The molecule has 15 heavy (non-hydrogen) atoms. The predicted octanol–water partition coefficient (Wildman–Crippen LogP) is 1.77. The van der Waals surface area contributed by atoms with Crippen molar-refractivity contribution < 1.29 is 19.4 Å². The van der Waals surface area contributed by atoms with Crippen molar-refractivity contribution in [2.45, 2.75) is 19.8 Å². The second-order valence-corrected chi connectivity index (χ2v) is 3.09. The van der Waals surface area contributed by atoms with Crippen molar-refractivity contribution in [3.8, 4) is 0 Å². The van der Waals surface area contributed by atoms with Gasteiger partial charge in [-0.15, -0.1) is 0 Å². The number of hydrogen-bond acceptors (Lipinski definition) is 3. The number of carbonyl (C=O) groups excluding carboxylic acids is 1. The monoisotopic (exact) mass is 212 g/mol. The highest BCUT2D eigenvalue weighted by atomic mass is 16.5. The summed E-state index contributed by atoms with van der Waals surface area (Å²) in [6.07, 6.45) is 7.18. The summed E-state index contributed by atoms with van der Waals surface area (Å²) >= 11 is 0. The molecule has 0 aromatic rings. The largest absolute Gasteiger partial charge is 0.481 e. The number of carboxylic acid groups (broad SMARTS) is 1. The normalized spacial score (nSPS) is 13.2. The van der Waals surface area contributed by atoms with E-state index in [1.807, 2.05) is 13.0 Å². The third-order valence-electron chi connectivity index (χ3n) is 1.68. The highest BCUT2D eigenvalue weighted by Gasteiger charge is 1.96. The van der Waals surface area contributed by atoms with Gasteiger partial charge >= 0.3 is 11.9 Å². The van der Waals surface area contributed by atoms with Gasteiger partial charge < -0.3 is 9.84 Å². The summed E-state index contributed by atoms with van der Waals surface area (Å²) in [5, 5.41) is 8.38. The Labute approximate surface area is 89.2 Å². The van der Waals surface area contributed by atoms with Crippen LogP contribution in [0.1, 0.15) is 19.8 Å². The minimum Gasteiger partial charge on any atom is -0.481 e. The van der Waals surface area contributed by atoms with E-state index in [4.69, 9.17) is 5.11 Å². The average Bonchev–Trinajstić information content (AvgIpc) is 2.17. The van der Waals surface area contributed by atoms with E-state index in [2.05, 4.69) is 4.74 Å². The number of methoxy groups -OCH3 is 1. The van der Waals surface area contributed by atoms with Crippen molar-refractivity contribution in [3.05, 3.63) is 24.3 Å². The zero-order valence-electron chi connectivity index (χ0n) is 8.97. The molecule has 0 aromatic carbocycles. The van der Waals surface area contributed by atoms with Gasteiger partial charge in [-0.05, 0) is 5.92 Å². The number of ether oxygens (including phenoxy) is 1. The molecular formula is C11H16O4. The Balaban J connectivity index is 3.82. The first kappa shape index (κ1) is 13.4. The fraction of sp³-hybridized carbons (Fsp3) is 0.455. The molecule has 0 aliphatic rings. The number of carboxylic acids is 1. The van der Waals surface area contributed by atoms with Crippen LogP contribution in [0.4, 0.5) is 0 Å². The second-order valence-electron chi connectivity index (χ2n) is 3.09. The Hall–Kier alpha value is -1.58. The van der Waals surface area contributed by atoms with Gasteiger partial charge in [0, 0.05) is 0 Å². The summed E-state index contributed by atoms with van der Waals surface area (Å²) in [5.74, 6) is -1.01. The van der Waals surface area contributed by atoms with E-state index in [0.29, 0.717) is 0 Å². The summed E-state index contributed by atoms with van der Waals surface area (Å²) < 4.78 is 4.46. The van der Waals surface area contributed by atoms with E-state index in [-0.39, 0.29) is 24.7 Å². The van der Waals surface area contributed by atoms with Crippen molar-refractivity contribution in [1.29, 1.82) is 0 Å². The number of allylic oxidation sites excluding steroid dienone is 2. The van der Waals surface area contributed by atoms with Crippen LogP contribution in [-0.2, 0) is 14.3 Å². The molecule has 4 nitrogen and oxygen atoms in total.